The van der Waals surface area contributed by atoms with Gasteiger partial charge in [0.2, 0.25) is 10.0 Å². The van der Waals surface area contributed by atoms with E-state index in [4.69, 9.17) is 5.73 Å². The highest BCUT2D eigenvalue weighted by molar-refractivity contribution is 7.89. The molecule has 0 saturated carbocycles. The highest BCUT2D eigenvalue weighted by Crippen LogP contribution is 2.20. The summed E-state index contributed by atoms with van der Waals surface area (Å²) in [4.78, 5) is 8.49. The first-order valence-corrected chi connectivity index (χ1v) is 8.64. The molecular weight excluding hydrogens is 300 g/mol. The Morgan fingerprint density at radius 1 is 1.05 bits per heavy atom. The Bertz CT molecular complexity index is 724. The molecule has 2 heterocycles. The molecule has 0 amide bonds. The Balaban J connectivity index is 1.83. The van der Waals surface area contributed by atoms with E-state index in [1.165, 1.54) is 16.7 Å². The van der Waals surface area contributed by atoms with Crippen molar-refractivity contribution >= 4 is 10.0 Å². The van der Waals surface area contributed by atoms with Crippen molar-refractivity contribution in [2.45, 2.75) is 23.8 Å². The molecule has 1 aliphatic heterocycles. The second-order valence-electron chi connectivity index (χ2n) is 5.35. The molecule has 3 rings (SSSR count). The molecule has 0 spiro atoms. The van der Waals surface area contributed by atoms with Crippen LogP contribution in [0, 0.1) is 0 Å². The molecule has 0 radical (unpaired) electrons. The zero-order chi connectivity index (χ0) is 15.6. The lowest BCUT2D eigenvalue weighted by atomic mass is 10.1. The van der Waals surface area contributed by atoms with E-state index in [2.05, 4.69) is 9.97 Å². The summed E-state index contributed by atoms with van der Waals surface area (Å²) in [6.45, 7) is 0.897. The maximum Gasteiger partial charge on any atom is 0.246 e. The predicted octanol–water partition coefficient (Wildman–Crippen LogP) is 1.26. The Labute approximate surface area is 130 Å². The van der Waals surface area contributed by atoms with Crippen LogP contribution in [-0.4, -0.2) is 41.8 Å². The molecule has 2 aromatic rings. The van der Waals surface area contributed by atoms with Crippen molar-refractivity contribution in [3.8, 4) is 11.4 Å². The number of piperidine rings is 1. The second-order valence-corrected chi connectivity index (χ2v) is 7.29. The molecular formula is C15H18N4O2S. The number of hydrogen-bond donors (Lipinski definition) is 1. The third-order valence-corrected chi connectivity index (χ3v) is 5.65. The van der Waals surface area contributed by atoms with E-state index >= 15 is 0 Å². The Hall–Kier alpha value is -1.83. The smallest absolute Gasteiger partial charge is 0.246 e. The van der Waals surface area contributed by atoms with Gasteiger partial charge in [0, 0.05) is 24.7 Å². The quantitative estimate of drug-likeness (QED) is 0.920. The summed E-state index contributed by atoms with van der Waals surface area (Å²) in [6.07, 6.45) is 4.11. The van der Waals surface area contributed by atoms with Gasteiger partial charge in [-0.05, 0) is 12.8 Å². The molecule has 1 aliphatic rings. The normalized spacial score (nSPS) is 17.5. The van der Waals surface area contributed by atoms with Crippen molar-refractivity contribution < 1.29 is 8.42 Å². The summed E-state index contributed by atoms with van der Waals surface area (Å²) in [5, 5.41) is 0. The maximum atomic E-state index is 12.5. The van der Waals surface area contributed by atoms with Crippen LogP contribution in [0.3, 0.4) is 0 Å². The lowest BCUT2D eigenvalue weighted by molar-refractivity contribution is 0.320. The van der Waals surface area contributed by atoms with Gasteiger partial charge in [-0.25, -0.2) is 18.4 Å². The number of rotatable bonds is 3. The number of sulfonamides is 1. The van der Waals surface area contributed by atoms with Crippen LogP contribution in [0.1, 0.15) is 12.8 Å². The third-order valence-electron chi connectivity index (χ3n) is 3.80. The first-order chi connectivity index (χ1) is 10.6. The Kier molecular flexibility index (Phi) is 4.19. The molecule has 0 bridgehead atoms. The molecule has 22 heavy (non-hydrogen) atoms. The maximum absolute atomic E-state index is 12.5. The fraction of sp³-hybridized carbons (Fsp3) is 0.333. The number of benzene rings is 1. The average molecular weight is 318 g/mol. The lowest BCUT2D eigenvalue weighted by Gasteiger charge is -2.29. The topological polar surface area (TPSA) is 89.2 Å². The van der Waals surface area contributed by atoms with Gasteiger partial charge >= 0.3 is 0 Å². The van der Waals surface area contributed by atoms with Gasteiger partial charge in [0.25, 0.3) is 0 Å². The van der Waals surface area contributed by atoms with Crippen molar-refractivity contribution in [3.05, 3.63) is 42.7 Å². The average Bonchev–Trinajstić information content (AvgIpc) is 2.56. The highest BCUT2D eigenvalue weighted by atomic mass is 32.2. The van der Waals surface area contributed by atoms with Crippen LogP contribution in [0.4, 0.5) is 0 Å². The third kappa shape index (κ3) is 3.01. The van der Waals surface area contributed by atoms with Crippen LogP contribution in [-0.2, 0) is 10.0 Å². The van der Waals surface area contributed by atoms with Gasteiger partial charge in [0.15, 0.2) is 5.82 Å². The molecule has 6 nitrogen and oxygen atoms in total. The number of nitrogens with two attached hydrogens (primary N) is 1. The van der Waals surface area contributed by atoms with Crippen molar-refractivity contribution in [1.82, 2.24) is 14.3 Å². The van der Waals surface area contributed by atoms with Crippen LogP contribution >= 0.6 is 0 Å². The minimum absolute atomic E-state index is 0.0863. The van der Waals surface area contributed by atoms with Gasteiger partial charge in [-0.15, -0.1) is 0 Å². The molecule has 116 valence electrons. The fourth-order valence-corrected chi connectivity index (χ4v) is 3.81. The summed E-state index contributed by atoms with van der Waals surface area (Å²) in [5.41, 5.74) is 6.67. The van der Waals surface area contributed by atoms with E-state index in [9.17, 15) is 8.42 Å². The van der Waals surface area contributed by atoms with E-state index in [1.807, 2.05) is 30.3 Å². The van der Waals surface area contributed by atoms with Gasteiger partial charge in [-0.2, -0.15) is 4.31 Å². The van der Waals surface area contributed by atoms with Crippen LogP contribution < -0.4 is 5.73 Å². The summed E-state index contributed by atoms with van der Waals surface area (Å²) in [6, 6.07) is 9.54. The van der Waals surface area contributed by atoms with E-state index in [0.717, 1.165) is 5.56 Å². The Morgan fingerprint density at radius 3 is 2.23 bits per heavy atom. The zero-order valence-electron chi connectivity index (χ0n) is 12.1. The van der Waals surface area contributed by atoms with Crippen LogP contribution in [0.15, 0.2) is 47.6 Å². The monoisotopic (exact) mass is 318 g/mol. The lowest BCUT2D eigenvalue weighted by Crippen LogP contribution is -2.42. The molecule has 1 aromatic heterocycles. The molecule has 7 heteroatoms. The summed E-state index contributed by atoms with van der Waals surface area (Å²) in [7, 11) is -3.53. The van der Waals surface area contributed by atoms with E-state index in [0.29, 0.717) is 31.8 Å². The SMILES string of the molecule is NC1CCN(S(=O)(=O)c2cnc(-c3ccccc3)nc2)CC1. The summed E-state index contributed by atoms with van der Waals surface area (Å²) < 4.78 is 26.5. The van der Waals surface area contributed by atoms with Gasteiger partial charge in [-0.3, -0.25) is 0 Å². The van der Waals surface area contributed by atoms with Gasteiger partial charge < -0.3 is 5.73 Å². The van der Waals surface area contributed by atoms with E-state index in [1.54, 1.807) is 0 Å². The zero-order valence-corrected chi connectivity index (χ0v) is 12.9. The number of aromatic nitrogens is 2. The summed E-state index contributed by atoms with van der Waals surface area (Å²) in [5.74, 6) is 0.514. The van der Waals surface area contributed by atoms with Gasteiger partial charge in [0.1, 0.15) is 4.90 Å². The minimum atomic E-state index is -3.53. The summed E-state index contributed by atoms with van der Waals surface area (Å²) >= 11 is 0. The molecule has 0 atom stereocenters. The number of hydrogen-bond acceptors (Lipinski definition) is 5. The molecule has 2 N–H and O–H groups in total. The van der Waals surface area contributed by atoms with Crippen LogP contribution in [0.25, 0.3) is 11.4 Å². The molecule has 1 fully saturated rings. The van der Waals surface area contributed by atoms with Crippen LogP contribution in [0.2, 0.25) is 0 Å². The molecule has 0 aliphatic carbocycles. The highest BCUT2D eigenvalue weighted by Gasteiger charge is 2.28. The molecule has 1 aromatic carbocycles. The first kappa shape index (κ1) is 15.1. The van der Waals surface area contributed by atoms with Crippen molar-refractivity contribution in [1.29, 1.82) is 0 Å². The predicted molar refractivity (Wildman–Crippen MR) is 83.4 cm³/mol. The second kappa shape index (κ2) is 6.12. The largest absolute Gasteiger partial charge is 0.328 e. The Morgan fingerprint density at radius 2 is 1.64 bits per heavy atom. The fourth-order valence-electron chi connectivity index (χ4n) is 2.45. The van der Waals surface area contributed by atoms with E-state index in [-0.39, 0.29) is 10.9 Å². The number of nitrogens with zero attached hydrogens (tertiary/aromatic N) is 3. The standard InChI is InChI=1S/C15H18N4O2S/c16-13-6-8-19(9-7-13)22(20,21)14-10-17-15(18-11-14)12-4-2-1-3-5-12/h1-5,10-11,13H,6-9,16H2. The first-order valence-electron chi connectivity index (χ1n) is 7.20. The van der Waals surface area contributed by atoms with Crippen molar-refractivity contribution in [3.63, 3.8) is 0 Å². The molecule has 1 saturated heterocycles. The van der Waals surface area contributed by atoms with Gasteiger partial charge in [-0.1, -0.05) is 30.3 Å². The van der Waals surface area contributed by atoms with Crippen molar-refractivity contribution in [2.75, 3.05) is 13.1 Å². The van der Waals surface area contributed by atoms with Crippen molar-refractivity contribution in [2.24, 2.45) is 5.73 Å². The minimum Gasteiger partial charge on any atom is -0.328 e. The van der Waals surface area contributed by atoms with Gasteiger partial charge in [0.05, 0.1) is 12.4 Å². The van der Waals surface area contributed by atoms with E-state index < -0.39 is 10.0 Å². The van der Waals surface area contributed by atoms with Crippen LogP contribution in [0.5, 0.6) is 0 Å². The molecule has 0 unspecified atom stereocenters.